The molecule has 0 N–H and O–H groups in total. The van der Waals surface area contributed by atoms with Gasteiger partial charge in [-0.05, 0) is 12.8 Å². The van der Waals surface area contributed by atoms with Crippen molar-refractivity contribution in [3.63, 3.8) is 0 Å². The Hall–Kier alpha value is 1.40. The molecule has 0 aromatic rings. The Bertz CT molecular complexity index is 134. The summed E-state index contributed by atoms with van der Waals surface area (Å²) >= 11 is 0. The maximum absolute atomic E-state index is 10.7. The van der Waals surface area contributed by atoms with E-state index >= 15 is 0 Å². The Morgan fingerprint density at radius 3 is 1.54 bits per heavy atom. The van der Waals surface area contributed by atoms with E-state index in [1.54, 1.807) is 0 Å². The summed E-state index contributed by atoms with van der Waals surface area (Å²) in [6.45, 7) is 3.73. The third-order valence-corrected chi connectivity index (χ3v) is 1.14. The van der Waals surface area contributed by atoms with Crippen LogP contribution in [0.3, 0.4) is 0 Å². The molecule has 0 fully saturated rings. The van der Waals surface area contributed by atoms with Crippen LogP contribution in [-0.2, 0) is 14.3 Å². The van der Waals surface area contributed by atoms with E-state index in [2.05, 4.69) is 4.74 Å². The van der Waals surface area contributed by atoms with Crippen molar-refractivity contribution in [3.05, 3.63) is 0 Å². The molecule has 0 unspecified atom stereocenters. The fraction of sp³-hybridized carbons (Fsp3) is 0.750. The summed E-state index contributed by atoms with van der Waals surface area (Å²) in [6, 6.07) is 0. The molecule has 0 atom stereocenters. The second kappa shape index (κ2) is 13.4. The van der Waals surface area contributed by atoms with Crippen molar-refractivity contribution in [2.75, 3.05) is 0 Å². The Labute approximate surface area is 131 Å². The van der Waals surface area contributed by atoms with E-state index in [9.17, 15) is 9.59 Å². The monoisotopic (exact) mass is 224 g/mol. The second-order valence-electron chi connectivity index (χ2n) is 2.35. The van der Waals surface area contributed by atoms with Crippen LogP contribution in [0.5, 0.6) is 0 Å². The molecule has 0 aliphatic carbocycles. The van der Waals surface area contributed by atoms with E-state index in [0.717, 1.165) is 12.8 Å². The van der Waals surface area contributed by atoms with Crippen LogP contribution in [0, 0.1) is 0 Å². The number of carbonyl (C=O) groups is 2. The first-order chi connectivity index (χ1) is 5.20. The third-order valence-electron chi connectivity index (χ3n) is 1.14. The second-order valence-corrected chi connectivity index (χ2v) is 2.35. The van der Waals surface area contributed by atoms with Gasteiger partial charge < -0.3 is 4.74 Å². The van der Waals surface area contributed by atoms with Gasteiger partial charge in [-0.3, -0.25) is 9.59 Å². The average molecular weight is 224 g/mol. The summed E-state index contributed by atoms with van der Waals surface area (Å²) in [5.41, 5.74) is 0. The molecular weight excluding hydrogens is 207 g/mol. The van der Waals surface area contributed by atoms with Crippen LogP contribution in [0.4, 0.5) is 0 Å². The van der Waals surface area contributed by atoms with Gasteiger partial charge in [0.1, 0.15) is 0 Å². The van der Waals surface area contributed by atoms with E-state index in [-0.39, 0.29) is 67.3 Å². The predicted octanol–water partition coefficient (Wildman–Crippen LogP) is 0.0917. The van der Waals surface area contributed by atoms with E-state index in [0.29, 0.717) is 12.8 Å². The molecule has 0 bridgehead atoms. The van der Waals surface area contributed by atoms with Gasteiger partial charge in [0.05, 0.1) is 0 Å². The standard InChI is InChI=1S/C8H14O3.Ca.Na.3H/c1-3-5-7(9)11-8(10)6-4-2;;;;;/h3-6H2,1-2H3;;;;;. The van der Waals surface area contributed by atoms with Gasteiger partial charge >= 0.3 is 79.2 Å². The minimum atomic E-state index is -0.411. The molecule has 0 rings (SSSR count). The van der Waals surface area contributed by atoms with Gasteiger partial charge in [-0.2, -0.15) is 0 Å². The van der Waals surface area contributed by atoms with Gasteiger partial charge in [0.25, 0.3) is 0 Å². The molecule has 0 aliphatic rings. The Morgan fingerprint density at radius 2 is 1.31 bits per heavy atom. The van der Waals surface area contributed by atoms with Crippen LogP contribution in [0.2, 0.25) is 0 Å². The Morgan fingerprint density at radius 1 is 1.00 bits per heavy atom. The molecule has 0 aliphatic heterocycles. The van der Waals surface area contributed by atoms with Gasteiger partial charge in [-0.1, -0.05) is 13.8 Å². The molecule has 5 heteroatoms. The summed E-state index contributed by atoms with van der Waals surface area (Å²) < 4.78 is 4.45. The molecule has 0 spiro atoms. The van der Waals surface area contributed by atoms with Crippen molar-refractivity contribution in [1.82, 2.24) is 0 Å². The molecule has 0 aromatic heterocycles. The van der Waals surface area contributed by atoms with E-state index < -0.39 is 11.9 Å². The van der Waals surface area contributed by atoms with Crippen molar-refractivity contribution in [1.29, 1.82) is 0 Å². The molecule has 0 radical (unpaired) electrons. The fourth-order valence-corrected chi connectivity index (χ4v) is 0.637. The van der Waals surface area contributed by atoms with E-state index in [1.807, 2.05) is 13.8 Å². The van der Waals surface area contributed by atoms with Crippen LogP contribution in [0.15, 0.2) is 0 Å². The predicted molar refractivity (Wildman–Crippen MR) is 56.6 cm³/mol. The zero-order valence-electron chi connectivity index (χ0n) is 7.05. The molecule has 0 saturated heterocycles. The summed E-state index contributed by atoms with van der Waals surface area (Å²) in [5, 5.41) is 0. The molecule has 3 nitrogen and oxygen atoms in total. The SMILES string of the molecule is CCCC(=O)OC(=O)CCC.[CaH2].[NaH]. The fourth-order valence-electron chi connectivity index (χ4n) is 0.637. The van der Waals surface area contributed by atoms with Crippen molar-refractivity contribution >= 4 is 79.2 Å². The summed E-state index contributed by atoms with van der Waals surface area (Å²) in [7, 11) is 0. The van der Waals surface area contributed by atoms with E-state index in [1.165, 1.54) is 0 Å². The molecule has 0 amide bonds. The number of ether oxygens (including phenoxy) is 1. The van der Waals surface area contributed by atoms with Crippen molar-refractivity contribution in [2.45, 2.75) is 39.5 Å². The first kappa shape index (κ1) is 19.9. The van der Waals surface area contributed by atoms with Gasteiger partial charge in [0.2, 0.25) is 0 Å². The van der Waals surface area contributed by atoms with Crippen molar-refractivity contribution < 1.29 is 14.3 Å². The zero-order valence-corrected chi connectivity index (χ0v) is 7.05. The Balaban J connectivity index is -0.000000500. The Kier molecular flexibility index (Phi) is 20.5. The summed E-state index contributed by atoms with van der Waals surface area (Å²) in [4.78, 5) is 21.4. The summed E-state index contributed by atoms with van der Waals surface area (Å²) in [6.07, 6.45) is 2.10. The number of carbonyl (C=O) groups excluding carboxylic acids is 2. The molecule has 13 heavy (non-hydrogen) atoms. The number of rotatable bonds is 4. The van der Waals surface area contributed by atoms with Gasteiger partial charge in [0.15, 0.2) is 0 Å². The van der Waals surface area contributed by atoms with Crippen LogP contribution >= 0.6 is 0 Å². The third kappa shape index (κ3) is 13.4. The van der Waals surface area contributed by atoms with Gasteiger partial charge in [0, 0.05) is 12.8 Å². The van der Waals surface area contributed by atoms with Crippen LogP contribution in [0.25, 0.3) is 0 Å². The van der Waals surface area contributed by atoms with Crippen LogP contribution < -0.4 is 0 Å². The van der Waals surface area contributed by atoms with Crippen LogP contribution in [0.1, 0.15) is 39.5 Å². The molecular formula is C8H17CaNaO3. The molecule has 0 heterocycles. The first-order valence-corrected chi connectivity index (χ1v) is 3.94. The first-order valence-electron chi connectivity index (χ1n) is 3.94. The van der Waals surface area contributed by atoms with Gasteiger partial charge in [-0.25, -0.2) is 0 Å². The number of hydrogen-bond donors (Lipinski definition) is 0. The number of hydrogen-bond acceptors (Lipinski definition) is 3. The molecule has 70 valence electrons. The minimum absolute atomic E-state index is 0. The number of esters is 2. The normalized spacial score (nSPS) is 7.85. The molecule has 0 aromatic carbocycles. The topological polar surface area (TPSA) is 43.4 Å². The van der Waals surface area contributed by atoms with Gasteiger partial charge in [-0.15, -0.1) is 0 Å². The summed E-state index contributed by atoms with van der Waals surface area (Å²) in [5.74, 6) is -0.822. The maximum atomic E-state index is 10.7. The van der Waals surface area contributed by atoms with Crippen LogP contribution in [-0.4, -0.2) is 79.2 Å². The average Bonchev–Trinajstić information content (AvgIpc) is 1.87. The quantitative estimate of drug-likeness (QED) is 0.386. The zero-order chi connectivity index (χ0) is 8.69. The van der Waals surface area contributed by atoms with E-state index in [4.69, 9.17) is 0 Å². The van der Waals surface area contributed by atoms with Crippen molar-refractivity contribution in [2.24, 2.45) is 0 Å². The molecule has 0 saturated carbocycles. The van der Waals surface area contributed by atoms with Crippen molar-refractivity contribution in [3.8, 4) is 0 Å².